The molecule has 1 aliphatic rings. The molecule has 0 radical (unpaired) electrons. The molecule has 0 aromatic rings. The van der Waals surface area contributed by atoms with Crippen LogP contribution in [-0.4, -0.2) is 53.6 Å². The van der Waals surface area contributed by atoms with Crippen molar-refractivity contribution >= 4 is 17.8 Å². The Balaban J connectivity index is 2.77. The first kappa shape index (κ1) is 17.7. The Morgan fingerprint density at radius 3 is 2.77 bits per heavy atom. The molecule has 0 saturated heterocycles. The number of carboxylic acid groups (broad SMARTS) is 1. The summed E-state index contributed by atoms with van der Waals surface area (Å²) in [6.07, 6.45) is 2.82. The molecular weight excluding hydrogens is 288 g/mol. The van der Waals surface area contributed by atoms with Gasteiger partial charge in [0.15, 0.2) is 5.78 Å². The molecule has 7 nitrogen and oxygen atoms in total. The third kappa shape index (κ3) is 4.91. The molecule has 122 valence electrons. The lowest BCUT2D eigenvalue weighted by Crippen LogP contribution is -2.48. The Morgan fingerprint density at radius 2 is 2.23 bits per heavy atom. The molecular formula is C15H22N2O5. The average molecular weight is 310 g/mol. The number of hydrogen-bond acceptors (Lipinski definition) is 5. The van der Waals surface area contributed by atoms with Crippen LogP contribution in [0.5, 0.6) is 0 Å². The molecule has 2 N–H and O–H groups in total. The van der Waals surface area contributed by atoms with E-state index in [0.29, 0.717) is 12.1 Å². The smallest absolute Gasteiger partial charge is 0.410 e. The maximum absolute atomic E-state index is 11.8. The van der Waals surface area contributed by atoms with Crippen LogP contribution in [0.4, 0.5) is 4.79 Å². The van der Waals surface area contributed by atoms with Crippen LogP contribution in [0, 0.1) is 5.92 Å². The first-order valence-corrected chi connectivity index (χ1v) is 7.14. The number of nitrogens with one attached hydrogen (secondary N) is 1. The second kappa shape index (κ2) is 8.21. The Hall–Kier alpha value is -2.31. The summed E-state index contributed by atoms with van der Waals surface area (Å²) in [5.41, 5.74) is 0.402. The molecule has 0 saturated carbocycles. The van der Waals surface area contributed by atoms with Crippen molar-refractivity contribution in [3.8, 4) is 0 Å². The molecule has 1 rings (SSSR count). The number of ether oxygens (including phenoxy) is 1. The number of rotatable bonds is 7. The van der Waals surface area contributed by atoms with Gasteiger partial charge in [0.25, 0.3) is 0 Å². The predicted molar refractivity (Wildman–Crippen MR) is 80.2 cm³/mol. The van der Waals surface area contributed by atoms with Crippen molar-refractivity contribution in [3.63, 3.8) is 0 Å². The molecule has 0 aromatic heterocycles. The number of carboxylic acids is 1. The second-order valence-corrected chi connectivity index (χ2v) is 5.20. The highest BCUT2D eigenvalue weighted by atomic mass is 16.6. The Labute approximate surface area is 129 Å². The van der Waals surface area contributed by atoms with E-state index < -0.39 is 18.1 Å². The molecule has 0 fully saturated rings. The summed E-state index contributed by atoms with van der Waals surface area (Å²) in [5, 5.41) is 12.1. The van der Waals surface area contributed by atoms with Crippen LogP contribution >= 0.6 is 0 Å². The zero-order chi connectivity index (χ0) is 16.7. The van der Waals surface area contributed by atoms with Gasteiger partial charge in [-0.2, -0.15) is 0 Å². The fraction of sp³-hybridized carbons (Fsp3) is 0.533. The second-order valence-electron chi connectivity index (χ2n) is 5.20. The summed E-state index contributed by atoms with van der Waals surface area (Å²) in [4.78, 5) is 36.1. The maximum atomic E-state index is 11.8. The van der Waals surface area contributed by atoms with Crippen LogP contribution in [0.3, 0.4) is 0 Å². The number of carbonyl (C=O) groups is 3. The third-order valence-corrected chi connectivity index (χ3v) is 3.45. The van der Waals surface area contributed by atoms with Gasteiger partial charge in [0.05, 0.1) is 13.1 Å². The fourth-order valence-corrected chi connectivity index (χ4v) is 2.06. The summed E-state index contributed by atoms with van der Waals surface area (Å²) in [6.45, 7) is 7.23. The number of hydrogen-bond donors (Lipinski definition) is 2. The van der Waals surface area contributed by atoms with Crippen molar-refractivity contribution in [1.82, 2.24) is 10.2 Å². The van der Waals surface area contributed by atoms with Gasteiger partial charge in [-0.25, -0.2) is 9.59 Å². The van der Waals surface area contributed by atoms with E-state index in [9.17, 15) is 19.5 Å². The molecule has 0 aliphatic carbocycles. The molecule has 0 unspecified atom stereocenters. The minimum Gasteiger partial charge on any atom is -0.480 e. The van der Waals surface area contributed by atoms with Gasteiger partial charge in [-0.15, -0.1) is 0 Å². The zero-order valence-electron chi connectivity index (χ0n) is 12.9. The van der Waals surface area contributed by atoms with Crippen molar-refractivity contribution < 1.29 is 24.2 Å². The van der Waals surface area contributed by atoms with Gasteiger partial charge in [-0.05, 0) is 5.92 Å². The number of nitrogens with zero attached hydrogens (tertiary/aromatic N) is 1. The molecule has 0 bridgehead atoms. The number of aliphatic carboxylic acids is 1. The van der Waals surface area contributed by atoms with Crippen molar-refractivity contribution in [2.24, 2.45) is 5.92 Å². The van der Waals surface area contributed by atoms with Crippen LogP contribution < -0.4 is 5.32 Å². The molecule has 2 atom stereocenters. The van der Waals surface area contributed by atoms with Gasteiger partial charge in [-0.1, -0.05) is 32.9 Å². The zero-order valence-corrected chi connectivity index (χ0v) is 12.9. The van der Waals surface area contributed by atoms with E-state index in [0.717, 1.165) is 0 Å². The first-order valence-electron chi connectivity index (χ1n) is 7.14. The largest absolute Gasteiger partial charge is 0.480 e. The summed E-state index contributed by atoms with van der Waals surface area (Å²) in [7, 11) is 0. The quantitative estimate of drug-likeness (QED) is 0.685. The molecule has 1 heterocycles. The minimum atomic E-state index is -0.992. The van der Waals surface area contributed by atoms with Gasteiger partial charge in [0.1, 0.15) is 12.6 Å². The molecule has 0 aromatic carbocycles. The van der Waals surface area contributed by atoms with Crippen LogP contribution in [0.1, 0.15) is 20.3 Å². The van der Waals surface area contributed by atoms with Crippen LogP contribution in [-0.2, 0) is 14.3 Å². The number of carbonyl (C=O) groups excluding carboxylic acids is 2. The molecule has 1 amide bonds. The summed E-state index contributed by atoms with van der Waals surface area (Å²) in [6, 6.07) is -0.812. The molecule has 0 spiro atoms. The van der Waals surface area contributed by atoms with Crippen LogP contribution in [0.15, 0.2) is 24.4 Å². The Kier molecular flexibility index (Phi) is 6.62. The van der Waals surface area contributed by atoms with E-state index in [4.69, 9.17) is 4.74 Å². The monoisotopic (exact) mass is 310 g/mol. The van der Waals surface area contributed by atoms with Gasteiger partial charge < -0.3 is 15.2 Å². The summed E-state index contributed by atoms with van der Waals surface area (Å²) >= 11 is 0. The topological polar surface area (TPSA) is 95.9 Å². The lowest BCUT2D eigenvalue weighted by Gasteiger charge is -2.29. The number of amides is 1. The number of ketones is 1. The van der Waals surface area contributed by atoms with Gasteiger partial charge >= 0.3 is 12.1 Å². The fourth-order valence-electron chi connectivity index (χ4n) is 2.06. The van der Waals surface area contributed by atoms with Crippen molar-refractivity contribution in [1.29, 1.82) is 0 Å². The Bertz CT molecular complexity index is 486. The average Bonchev–Trinajstić information content (AvgIpc) is 2.48. The summed E-state index contributed by atoms with van der Waals surface area (Å²) < 4.78 is 4.89. The molecule has 7 heteroatoms. The normalized spacial score (nSPS) is 17.3. The summed E-state index contributed by atoms with van der Waals surface area (Å²) in [5.74, 6) is -1.39. The van der Waals surface area contributed by atoms with E-state index in [2.05, 4.69) is 11.9 Å². The van der Waals surface area contributed by atoms with Gasteiger partial charge in [0, 0.05) is 11.8 Å². The highest BCUT2D eigenvalue weighted by Gasteiger charge is 2.28. The van der Waals surface area contributed by atoms with Gasteiger partial charge in [0.2, 0.25) is 0 Å². The highest BCUT2D eigenvalue weighted by molar-refractivity contribution is 5.95. The molecule has 22 heavy (non-hydrogen) atoms. The maximum Gasteiger partial charge on any atom is 0.410 e. The van der Waals surface area contributed by atoms with Crippen molar-refractivity contribution in [2.45, 2.75) is 26.3 Å². The van der Waals surface area contributed by atoms with Crippen LogP contribution in [0.2, 0.25) is 0 Å². The van der Waals surface area contributed by atoms with E-state index in [1.165, 1.54) is 17.1 Å². The molecule has 1 aliphatic heterocycles. The van der Waals surface area contributed by atoms with Crippen molar-refractivity contribution in [2.75, 3.05) is 19.7 Å². The van der Waals surface area contributed by atoms with E-state index in [1.807, 2.05) is 13.8 Å². The highest BCUT2D eigenvalue weighted by Crippen LogP contribution is 2.13. The Morgan fingerprint density at radius 1 is 1.55 bits per heavy atom. The standard InChI is InChI=1S/C15H22N2O5/c1-4-6-22-15(21)17-8-11(7-12(18)9-17)16-13(14(19)20)10(3)5-2/h4,7,10,13,16H,1,5-6,8-9H2,2-3H3,(H,19,20)/t10-,13-/m0/s1. The van der Waals surface area contributed by atoms with E-state index in [1.54, 1.807) is 0 Å². The van der Waals surface area contributed by atoms with Gasteiger partial charge in [-0.3, -0.25) is 9.69 Å². The lowest BCUT2D eigenvalue weighted by molar-refractivity contribution is -0.140. The van der Waals surface area contributed by atoms with E-state index in [-0.39, 0.29) is 31.4 Å². The van der Waals surface area contributed by atoms with Crippen LogP contribution in [0.25, 0.3) is 0 Å². The minimum absolute atomic E-state index is 0.0562. The predicted octanol–water partition coefficient (Wildman–Crippen LogP) is 1.17. The first-order chi connectivity index (χ1) is 10.4. The van der Waals surface area contributed by atoms with Crippen molar-refractivity contribution in [3.05, 3.63) is 24.4 Å². The SMILES string of the molecule is C=CCOC(=O)N1CC(=O)C=C(N[C@H](C(=O)O)[C@@H](C)CC)C1. The van der Waals surface area contributed by atoms with E-state index >= 15 is 0 Å². The lowest BCUT2D eigenvalue weighted by atomic mass is 9.98. The third-order valence-electron chi connectivity index (χ3n) is 3.45.